The molecular formula is C10H16N4. The van der Waals surface area contributed by atoms with Crippen LogP contribution in [0.4, 0.5) is 5.82 Å². The Morgan fingerprint density at radius 2 is 2.36 bits per heavy atom. The number of piperidine rings is 1. The van der Waals surface area contributed by atoms with Crippen molar-refractivity contribution in [3.05, 3.63) is 18.1 Å². The molecular weight excluding hydrogens is 176 g/mol. The smallest absolute Gasteiger partial charge is 0.132 e. The number of hydrogen-bond donors (Lipinski definition) is 1. The predicted octanol–water partition coefficient (Wildman–Crippen LogP) is 0.713. The summed E-state index contributed by atoms with van der Waals surface area (Å²) in [4.78, 5) is 10.6. The lowest BCUT2D eigenvalue weighted by Gasteiger charge is -2.31. The number of hydrogen-bond acceptors (Lipinski definition) is 4. The third-order valence-electron chi connectivity index (χ3n) is 2.57. The molecule has 1 aromatic rings. The van der Waals surface area contributed by atoms with E-state index in [0.717, 1.165) is 37.4 Å². The third kappa shape index (κ3) is 2.01. The Hall–Kier alpha value is -1.16. The second-order valence-electron chi connectivity index (χ2n) is 3.87. The Kier molecular flexibility index (Phi) is 2.63. The van der Waals surface area contributed by atoms with Crippen LogP contribution < -0.4 is 10.6 Å². The maximum Gasteiger partial charge on any atom is 0.132 e. The lowest BCUT2D eigenvalue weighted by Crippen LogP contribution is -2.43. The van der Waals surface area contributed by atoms with E-state index in [9.17, 15) is 0 Å². The molecule has 1 aromatic heterocycles. The molecule has 0 unspecified atom stereocenters. The van der Waals surface area contributed by atoms with Crippen LogP contribution in [0.3, 0.4) is 0 Å². The van der Waals surface area contributed by atoms with Crippen LogP contribution in [0.15, 0.2) is 12.4 Å². The van der Waals surface area contributed by atoms with Gasteiger partial charge in [0.05, 0.1) is 0 Å². The van der Waals surface area contributed by atoms with Crippen LogP contribution in [-0.4, -0.2) is 29.1 Å². The Balaban J connectivity index is 2.14. The minimum Gasteiger partial charge on any atom is -0.355 e. The Bertz CT molecular complexity index is 313. The van der Waals surface area contributed by atoms with E-state index in [2.05, 4.69) is 14.9 Å². The Morgan fingerprint density at radius 1 is 1.50 bits per heavy atom. The van der Waals surface area contributed by atoms with Gasteiger partial charge in [0.2, 0.25) is 0 Å². The minimum absolute atomic E-state index is 0.291. The molecule has 1 aliphatic heterocycles. The van der Waals surface area contributed by atoms with Gasteiger partial charge in [-0.3, -0.25) is 0 Å². The lowest BCUT2D eigenvalue weighted by molar-refractivity contribution is 0.503. The molecule has 2 heterocycles. The number of aryl methyl sites for hydroxylation is 1. The summed E-state index contributed by atoms with van der Waals surface area (Å²) in [5.41, 5.74) is 6.92. The monoisotopic (exact) mass is 192 g/mol. The molecule has 76 valence electrons. The molecule has 0 saturated carbocycles. The average molecular weight is 192 g/mol. The summed E-state index contributed by atoms with van der Waals surface area (Å²) in [6.45, 7) is 3.95. The number of rotatable bonds is 1. The normalized spacial score (nSPS) is 22.4. The van der Waals surface area contributed by atoms with Crippen molar-refractivity contribution in [1.29, 1.82) is 0 Å². The van der Waals surface area contributed by atoms with Crippen molar-refractivity contribution in [2.45, 2.75) is 25.8 Å². The molecule has 4 heteroatoms. The van der Waals surface area contributed by atoms with E-state index in [1.165, 1.54) is 0 Å². The summed E-state index contributed by atoms with van der Waals surface area (Å²) in [6, 6.07) is 2.30. The SMILES string of the molecule is Cc1cc(N2CCC[C@@H](N)C2)ncn1. The number of nitrogens with zero attached hydrogens (tertiary/aromatic N) is 3. The van der Waals surface area contributed by atoms with Crippen molar-refractivity contribution >= 4 is 5.82 Å². The summed E-state index contributed by atoms with van der Waals surface area (Å²) in [6.07, 6.45) is 3.90. The van der Waals surface area contributed by atoms with Crippen molar-refractivity contribution in [2.75, 3.05) is 18.0 Å². The fourth-order valence-corrected chi connectivity index (χ4v) is 1.83. The summed E-state index contributed by atoms with van der Waals surface area (Å²) < 4.78 is 0. The molecule has 4 nitrogen and oxygen atoms in total. The maximum absolute atomic E-state index is 5.92. The molecule has 0 aliphatic carbocycles. The second kappa shape index (κ2) is 3.92. The number of aromatic nitrogens is 2. The van der Waals surface area contributed by atoms with Gasteiger partial charge in [-0.05, 0) is 19.8 Å². The van der Waals surface area contributed by atoms with Gasteiger partial charge < -0.3 is 10.6 Å². The van der Waals surface area contributed by atoms with Crippen molar-refractivity contribution in [3.63, 3.8) is 0 Å². The molecule has 0 aromatic carbocycles. The van der Waals surface area contributed by atoms with E-state index in [-0.39, 0.29) is 0 Å². The molecule has 0 bridgehead atoms. The molecule has 14 heavy (non-hydrogen) atoms. The van der Waals surface area contributed by atoms with Gasteiger partial charge in [0.25, 0.3) is 0 Å². The van der Waals surface area contributed by atoms with Crippen molar-refractivity contribution in [1.82, 2.24) is 9.97 Å². The highest BCUT2D eigenvalue weighted by Gasteiger charge is 2.17. The van der Waals surface area contributed by atoms with Crippen LogP contribution in [-0.2, 0) is 0 Å². The Morgan fingerprint density at radius 3 is 3.07 bits per heavy atom. The van der Waals surface area contributed by atoms with E-state index in [4.69, 9.17) is 5.73 Å². The average Bonchev–Trinajstić information content (AvgIpc) is 2.18. The largest absolute Gasteiger partial charge is 0.355 e. The highest BCUT2D eigenvalue weighted by atomic mass is 15.2. The highest BCUT2D eigenvalue weighted by molar-refractivity contribution is 5.39. The zero-order valence-corrected chi connectivity index (χ0v) is 8.48. The maximum atomic E-state index is 5.92. The zero-order chi connectivity index (χ0) is 9.97. The zero-order valence-electron chi connectivity index (χ0n) is 8.48. The van der Waals surface area contributed by atoms with E-state index < -0.39 is 0 Å². The standard InChI is InChI=1S/C10H16N4/c1-8-5-10(13-7-12-8)14-4-2-3-9(11)6-14/h5,7,9H,2-4,6,11H2,1H3/t9-/m1/s1. The van der Waals surface area contributed by atoms with Crippen molar-refractivity contribution in [2.24, 2.45) is 5.73 Å². The third-order valence-corrected chi connectivity index (χ3v) is 2.57. The van der Waals surface area contributed by atoms with Gasteiger partial charge in [0.15, 0.2) is 0 Å². The van der Waals surface area contributed by atoms with Crippen molar-refractivity contribution in [3.8, 4) is 0 Å². The van der Waals surface area contributed by atoms with Crippen LogP contribution >= 0.6 is 0 Å². The quantitative estimate of drug-likeness (QED) is 0.712. The molecule has 0 amide bonds. The van der Waals surface area contributed by atoms with Crippen LogP contribution in [0.5, 0.6) is 0 Å². The van der Waals surface area contributed by atoms with E-state index >= 15 is 0 Å². The first-order valence-corrected chi connectivity index (χ1v) is 5.05. The molecule has 1 saturated heterocycles. The molecule has 0 radical (unpaired) electrons. The van der Waals surface area contributed by atoms with Gasteiger partial charge in [-0.1, -0.05) is 0 Å². The van der Waals surface area contributed by atoms with Gasteiger partial charge in [0, 0.05) is 30.9 Å². The summed E-state index contributed by atoms with van der Waals surface area (Å²) in [5, 5.41) is 0. The molecule has 0 spiro atoms. The van der Waals surface area contributed by atoms with E-state index in [0.29, 0.717) is 6.04 Å². The van der Waals surface area contributed by atoms with Gasteiger partial charge in [-0.15, -0.1) is 0 Å². The molecule has 1 aliphatic rings. The fourth-order valence-electron chi connectivity index (χ4n) is 1.83. The van der Waals surface area contributed by atoms with Crippen LogP contribution in [0.1, 0.15) is 18.5 Å². The van der Waals surface area contributed by atoms with E-state index in [1.54, 1.807) is 6.33 Å². The predicted molar refractivity (Wildman–Crippen MR) is 56.2 cm³/mol. The van der Waals surface area contributed by atoms with Crippen molar-refractivity contribution < 1.29 is 0 Å². The van der Waals surface area contributed by atoms with Crippen LogP contribution in [0.25, 0.3) is 0 Å². The van der Waals surface area contributed by atoms with Gasteiger partial charge in [-0.2, -0.15) is 0 Å². The first-order chi connectivity index (χ1) is 6.75. The van der Waals surface area contributed by atoms with Gasteiger partial charge in [0.1, 0.15) is 12.1 Å². The molecule has 1 fully saturated rings. The minimum atomic E-state index is 0.291. The first kappa shape index (κ1) is 9.40. The highest BCUT2D eigenvalue weighted by Crippen LogP contribution is 2.16. The summed E-state index contributed by atoms with van der Waals surface area (Å²) in [7, 11) is 0. The van der Waals surface area contributed by atoms with Crippen LogP contribution in [0.2, 0.25) is 0 Å². The van der Waals surface area contributed by atoms with Gasteiger partial charge in [-0.25, -0.2) is 9.97 Å². The number of nitrogens with two attached hydrogens (primary N) is 1. The van der Waals surface area contributed by atoms with Gasteiger partial charge >= 0.3 is 0 Å². The Labute approximate surface area is 84.2 Å². The second-order valence-corrected chi connectivity index (χ2v) is 3.87. The molecule has 1 atom stereocenters. The van der Waals surface area contributed by atoms with Crippen LogP contribution in [0, 0.1) is 6.92 Å². The molecule has 2 rings (SSSR count). The number of anilines is 1. The topological polar surface area (TPSA) is 55.0 Å². The first-order valence-electron chi connectivity index (χ1n) is 5.05. The lowest BCUT2D eigenvalue weighted by atomic mass is 10.1. The molecule has 2 N–H and O–H groups in total. The summed E-state index contributed by atoms with van der Waals surface area (Å²) in [5.74, 6) is 1.01. The fraction of sp³-hybridized carbons (Fsp3) is 0.600. The summed E-state index contributed by atoms with van der Waals surface area (Å²) >= 11 is 0. The van der Waals surface area contributed by atoms with E-state index in [1.807, 2.05) is 13.0 Å².